The predicted molar refractivity (Wildman–Crippen MR) is 106 cm³/mol. The van der Waals surface area contributed by atoms with Crippen LogP contribution in [0.3, 0.4) is 0 Å². The van der Waals surface area contributed by atoms with Gasteiger partial charge in [0.25, 0.3) is 5.91 Å². The van der Waals surface area contributed by atoms with E-state index in [1.807, 2.05) is 25.9 Å². The second-order valence-corrected chi connectivity index (χ2v) is 7.30. The topological polar surface area (TPSA) is 45.5 Å². The fourth-order valence-corrected chi connectivity index (χ4v) is 3.21. The van der Waals surface area contributed by atoms with E-state index in [2.05, 4.69) is 5.32 Å². The number of aryl methyl sites for hydroxylation is 1. The molecule has 1 unspecified atom stereocenters. The maximum Gasteiger partial charge on any atom is 0.287 e. The summed E-state index contributed by atoms with van der Waals surface area (Å²) in [7, 11) is 3.94. The van der Waals surface area contributed by atoms with Crippen molar-refractivity contribution < 1.29 is 13.6 Å². The third-order valence-electron chi connectivity index (χ3n) is 4.55. The van der Waals surface area contributed by atoms with Crippen LogP contribution < -0.4 is 5.32 Å². The Balaban J connectivity index is 1.87. The Morgan fingerprint density at radius 2 is 1.93 bits per heavy atom. The summed E-state index contributed by atoms with van der Waals surface area (Å²) < 4.78 is 19.0. The van der Waals surface area contributed by atoms with Gasteiger partial charge in [-0.3, -0.25) is 4.79 Å². The minimum atomic E-state index is -0.304. The SMILES string of the molecule is Cc1c(C(=O)NC(CCN(C)C)c2ccc(F)cc2)oc2ccc(Cl)cc12. The molecule has 3 aromatic rings. The Hall–Kier alpha value is -2.37. The lowest BCUT2D eigenvalue weighted by molar-refractivity contribution is 0.0906. The molecule has 2 aromatic carbocycles. The first-order chi connectivity index (χ1) is 12.8. The number of nitrogens with zero attached hydrogens (tertiary/aromatic N) is 1. The van der Waals surface area contributed by atoms with Crippen LogP contribution >= 0.6 is 11.6 Å². The molecule has 0 fully saturated rings. The molecule has 6 heteroatoms. The molecule has 142 valence electrons. The molecule has 0 saturated heterocycles. The van der Waals surface area contributed by atoms with Gasteiger partial charge in [0.15, 0.2) is 5.76 Å². The van der Waals surface area contributed by atoms with Crippen LogP contribution in [0, 0.1) is 12.7 Å². The summed E-state index contributed by atoms with van der Waals surface area (Å²) in [4.78, 5) is 14.9. The molecule has 1 N–H and O–H groups in total. The summed E-state index contributed by atoms with van der Waals surface area (Å²) in [6, 6.07) is 11.2. The maximum absolute atomic E-state index is 13.3. The minimum Gasteiger partial charge on any atom is -0.451 e. The highest BCUT2D eigenvalue weighted by atomic mass is 35.5. The lowest BCUT2D eigenvalue weighted by Gasteiger charge is -2.21. The molecular weight excluding hydrogens is 367 g/mol. The van der Waals surface area contributed by atoms with Crippen molar-refractivity contribution in [1.29, 1.82) is 0 Å². The van der Waals surface area contributed by atoms with Crippen molar-refractivity contribution in [3.63, 3.8) is 0 Å². The highest BCUT2D eigenvalue weighted by Gasteiger charge is 2.22. The lowest BCUT2D eigenvalue weighted by Crippen LogP contribution is -2.31. The van der Waals surface area contributed by atoms with Crippen LogP contribution in [-0.2, 0) is 0 Å². The standard InChI is InChI=1S/C21H22ClFN2O2/c1-13-17-12-15(22)6-9-19(17)27-20(13)21(26)24-18(10-11-25(2)3)14-4-7-16(23)8-5-14/h4-9,12,18H,10-11H2,1-3H3,(H,24,26). The number of fused-ring (bicyclic) bond motifs is 1. The quantitative estimate of drug-likeness (QED) is 0.649. The number of furan rings is 1. The van der Waals surface area contributed by atoms with Gasteiger partial charge in [-0.1, -0.05) is 23.7 Å². The zero-order valence-electron chi connectivity index (χ0n) is 15.6. The fourth-order valence-electron chi connectivity index (χ4n) is 3.04. The Labute approximate surface area is 162 Å². The fraction of sp³-hybridized carbons (Fsp3) is 0.286. The first-order valence-corrected chi connectivity index (χ1v) is 9.12. The maximum atomic E-state index is 13.3. The first-order valence-electron chi connectivity index (χ1n) is 8.75. The third kappa shape index (κ3) is 4.49. The van der Waals surface area contributed by atoms with Gasteiger partial charge in [0, 0.05) is 16.0 Å². The van der Waals surface area contributed by atoms with E-state index in [9.17, 15) is 9.18 Å². The van der Waals surface area contributed by atoms with Gasteiger partial charge in [0.1, 0.15) is 11.4 Å². The number of amides is 1. The molecule has 1 aromatic heterocycles. The van der Waals surface area contributed by atoms with Gasteiger partial charge < -0.3 is 14.6 Å². The van der Waals surface area contributed by atoms with E-state index in [1.165, 1.54) is 12.1 Å². The Kier molecular flexibility index (Phi) is 5.82. The number of hydrogen-bond donors (Lipinski definition) is 1. The van der Waals surface area contributed by atoms with Gasteiger partial charge in [-0.15, -0.1) is 0 Å². The molecule has 0 spiro atoms. The Morgan fingerprint density at radius 3 is 2.59 bits per heavy atom. The second-order valence-electron chi connectivity index (χ2n) is 6.87. The normalized spacial score (nSPS) is 12.5. The van der Waals surface area contributed by atoms with Gasteiger partial charge in [0.2, 0.25) is 0 Å². The molecule has 0 aliphatic rings. The second kappa shape index (κ2) is 8.11. The van der Waals surface area contributed by atoms with Crippen LogP contribution in [0.2, 0.25) is 5.02 Å². The number of halogens is 2. The molecule has 4 nitrogen and oxygen atoms in total. The molecule has 1 heterocycles. The number of nitrogens with one attached hydrogen (secondary N) is 1. The lowest BCUT2D eigenvalue weighted by atomic mass is 10.0. The molecule has 0 aliphatic carbocycles. The zero-order chi connectivity index (χ0) is 19.6. The molecule has 0 aliphatic heterocycles. The van der Waals surface area contributed by atoms with Crippen LogP contribution in [0.4, 0.5) is 4.39 Å². The minimum absolute atomic E-state index is 0.253. The van der Waals surface area contributed by atoms with Crippen molar-refractivity contribution >= 4 is 28.5 Å². The predicted octanol–water partition coefficient (Wildman–Crippen LogP) is 4.96. The Bertz CT molecular complexity index is 951. The van der Waals surface area contributed by atoms with E-state index < -0.39 is 0 Å². The van der Waals surface area contributed by atoms with Crippen LogP contribution in [-0.4, -0.2) is 31.4 Å². The average Bonchev–Trinajstić information content (AvgIpc) is 2.95. The molecule has 27 heavy (non-hydrogen) atoms. The van der Waals surface area contributed by atoms with E-state index in [0.717, 1.165) is 23.1 Å². The van der Waals surface area contributed by atoms with Crippen molar-refractivity contribution in [2.24, 2.45) is 0 Å². The van der Waals surface area contributed by atoms with Gasteiger partial charge in [-0.25, -0.2) is 4.39 Å². The van der Waals surface area contributed by atoms with Crippen molar-refractivity contribution in [2.45, 2.75) is 19.4 Å². The summed E-state index contributed by atoms with van der Waals surface area (Å²) in [6.45, 7) is 2.61. The number of hydrogen-bond acceptors (Lipinski definition) is 3. The van der Waals surface area contributed by atoms with E-state index in [1.54, 1.807) is 30.3 Å². The molecule has 1 amide bonds. The molecule has 1 atom stereocenters. The average molecular weight is 389 g/mol. The number of carbonyl (C=O) groups excluding carboxylic acids is 1. The summed E-state index contributed by atoms with van der Waals surface area (Å²) in [6.07, 6.45) is 0.690. The summed E-state index contributed by atoms with van der Waals surface area (Å²) in [5.74, 6) is -0.335. The first kappa shape index (κ1) is 19.4. The van der Waals surface area contributed by atoms with Crippen molar-refractivity contribution in [2.75, 3.05) is 20.6 Å². The van der Waals surface area contributed by atoms with Crippen molar-refractivity contribution in [1.82, 2.24) is 10.2 Å². The summed E-state index contributed by atoms with van der Waals surface area (Å²) in [5, 5.41) is 4.44. The Morgan fingerprint density at radius 1 is 1.22 bits per heavy atom. The van der Waals surface area contributed by atoms with Crippen LogP contribution in [0.15, 0.2) is 46.9 Å². The van der Waals surface area contributed by atoms with Gasteiger partial charge >= 0.3 is 0 Å². The van der Waals surface area contributed by atoms with Crippen LogP contribution in [0.25, 0.3) is 11.0 Å². The monoisotopic (exact) mass is 388 g/mol. The largest absolute Gasteiger partial charge is 0.451 e. The smallest absolute Gasteiger partial charge is 0.287 e. The van der Waals surface area contributed by atoms with Crippen LogP contribution in [0.5, 0.6) is 0 Å². The van der Waals surface area contributed by atoms with E-state index in [-0.39, 0.29) is 23.5 Å². The summed E-state index contributed by atoms with van der Waals surface area (Å²) in [5.41, 5.74) is 2.22. The molecule has 3 rings (SSSR count). The number of benzene rings is 2. The van der Waals surface area contributed by atoms with Crippen LogP contribution in [0.1, 0.15) is 34.1 Å². The van der Waals surface area contributed by atoms with E-state index in [4.69, 9.17) is 16.0 Å². The van der Waals surface area contributed by atoms with Crippen molar-refractivity contribution in [3.8, 4) is 0 Å². The highest BCUT2D eigenvalue weighted by Crippen LogP contribution is 2.28. The number of carbonyl (C=O) groups is 1. The zero-order valence-corrected chi connectivity index (χ0v) is 16.3. The molecule has 0 saturated carbocycles. The van der Waals surface area contributed by atoms with Gasteiger partial charge in [-0.2, -0.15) is 0 Å². The van der Waals surface area contributed by atoms with Gasteiger partial charge in [0.05, 0.1) is 6.04 Å². The van der Waals surface area contributed by atoms with E-state index in [0.29, 0.717) is 17.0 Å². The molecule has 0 bridgehead atoms. The molecule has 0 radical (unpaired) electrons. The van der Waals surface area contributed by atoms with Gasteiger partial charge in [-0.05, 0) is 69.9 Å². The summed E-state index contributed by atoms with van der Waals surface area (Å²) >= 11 is 6.05. The highest BCUT2D eigenvalue weighted by molar-refractivity contribution is 6.31. The number of rotatable bonds is 6. The molecular formula is C21H22ClFN2O2. The third-order valence-corrected chi connectivity index (χ3v) is 4.78. The van der Waals surface area contributed by atoms with Crippen molar-refractivity contribution in [3.05, 3.63) is 70.2 Å². The van der Waals surface area contributed by atoms with E-state index >= 15 is 0 Å².